The van der Waals surface area contributed by atoms with Crippen molar-refractivity contribution in [3.8, 4) is 5.75 Å². The summed E-state index contributed by atoms with van der Waals surface area (Å²) in [5, 5.41) is 1.56. The van der Waals surface area contributed by atoms with Gasteiger partial charge in [-0.15, -0.1) is 0 Å². The van der Waals surface area contributed by atoms with Gasteiger partial charge in [-0.05, 0) is 36.4 Å². The second-order valence-corrected chi connectivity index (χ2v) is 4.21. The molecule has 0 aliphatic heterocycles. The van der Waals surface area contributed by atoms with Gasteiger partial charge < -0.3 is 4.74 Å². The lowest BCUT2D eigenvalue weighted by Crippen LogP contribution is -2.19. The van der Waals surface area contributed by atoms with E-state index in [1.165, 1.54) is 19.2 Å². The molecule has 0 spiro atoms. The first-order chi connectivity index (χ1) is 9.99. The smallest absolute Gasteiger partial charge is 0.422 e. The van der Waals surface area contributed by atoms with E-state index in [0.717, 1.165) is 5.69 Å². The summed E-state index contributed by atoms with van der Waals surface area (Å²) in [5.74, 6) is 0.153. The van der Waals surface area contributed by atoms with Gasteiger partial charge in [0.05, 0.1) is 18.5 Å². The van der Waals surface area contributed by atoms with Crippen LogP contribution in [0, 0.1) is 0 Å². The van der Waals surface area contributed by atoms with Gasteiger partial charge in [0.15, 0.2) is 6.61 Å². The van der Waals surface area contributed by atoms with Crippen molar-refractivity contribution in [1.29, 1.82) is 0 Å². The zero-order valence-corrected chi connectivity index (χ0v) is 11.3. The van der Waals surface area contributed by atoms with E-state index >= 15 is 0 Å². The van der Waals surface area contributed by atoms with E-state index in [4.69, 9.17) is 4.84 Å². The number of ether oxygens (including phenoxy) is 1. The molecule has 0 aromatic heterocycles. The molecular weight excluding hydrogens is 283 g/mol. The topological polar surface area (TPSA) is 21.7 Å². The predicted molar refractivity (Wildman–Crippen MR) is 73.6 cm³/mol. The Balaban J connectivity index is 2.10. The van der Waals surface area contributed by atoms with Crippen LogP contribution in [0.5, 0.6) is 5.75 Å². The zero-order chi connectivity index (χ0) is 15.3. The number of nitrogens with zero attached hydrogens (tertiary/aromatic N) is 1. The van der Waals surface area contributed by atoms with Crippen molar-refractivity contribution in [3.63, 3.8) is 0 Å². The molecule has 0 amide bonds. The van der Waals surface area contributed by atoms with Crippen LogP contribution < -0.4 is 9.80 Å². The fraction of sp³-hybridized carbons (Fsp3) is 0.200. The number of hydrogen-bond donors (Lipinski definition) is 0. The van der Waals surface area contributed by atoms with E-state index in [9.17, 15) is 13.2 Å². The number of anilines is 2. The predicted octanol–water partition coefficient (Wildman–Crippen LogP) is 4.33. The molecule has 2 rings (SSSR count). The Morgan fingerprint density at radius 2 is 1.48 bits per heavy atom. The first-order valence-electron chi connectivity index (χ1n) is 6.18. The normalized spacial score (nSPS) is 11.2. The van der Waals surface area contributed by atoms with E-state index in [0.29, 0.717) is 5.69 Å². The first-order valence-corrected chi connectivity index (χ1v) is 6.18. The Hall–Kier alpha value is -2.21. The Bertz CT molecular complexity index is 555. The summed E-state index contributed by atoms with van der Waals surface area (Å²) in [6, 6.07) is 15.5. The van der Waals surface area contributed by atoms with Crippen LogP contribution in [0.1, 0.15) is 0 Å². The molecule has 0 radical (unpaired) electrons. The lowest BCUT2D eigenvalue weighted by molar-refractivity contribution is -0.153. The van der Waals surface area contributed by atoms with Crippen LogP contribution >= 0.6 is 0 Å². The lowest BCUT2D eigenvalue weighted by Gasteiger charge is -2.22. The molecule has 6 heteroatoms. The Kier molecular flexibility index (Phi) is 4.70. The summed E-state index contributed by atoms with van der Waals surface area (Å²) in [7, 11) is 1.51. The minimum atomic E-state index is -4.35. The number of rotatable bonds is 5. The third-order valence-corrected chi connectivity index (χ3v) is 2.65. The molecule has 0 N–H and O–H groups in total. The molecule has 21 heavy (non-hydrogen) atoms. The SMILES string of the molecule is CON(c1ccccc1)c1ccc(OCC(F)(F)F)cc1. The van der Waals surface area contributed by atoms with Gasteiger partial charge >= 0.3 is 6.18 Å². The molecule has 0 unspecified atom stereocenters. The highest BCUT2D eigenvalue weighted by Gasteiger charge is 2.28. The number of hydrogen-bond acceptors (Lipinski definition) is 3. The van der Waals surface area contributed by atoms with Gasteiger partial charge in [0.1, 0.15) is 5.75 Å². The van der Waals surface area contributed by atoms with E-state index in [-0.39, 0.29) is 5.75 Å². The van der Waals surface area contributed by atoms with E-state index in [1.807, 2.05) is 30.3 Å². The summed E-state index contributed by atoms with van der Waals surface area (Å²) >= 11 is 0. The van der Waals surface area contributed by atoms with Gasteiger partial charge in [-0.2, -0.15) is 13.2 Å². The number of para-hydroxylation sites is 1. The van der Waals surface area contributed by atoms with Gasteiger partial charge in [-0.1, -0.05) is 18.2 Å². The van der Waals surface area contributed by atoms with Gasteiger partial charge in [0.25, 0.3) is 0 Å². The van der Waals surface area contributed by atoms with Gasteiger partial charge in [-0.25, -0.2) is 5.06 Å². The lowest BCUT2D eigenvalue weighted by atomic mass is 10.2. The van der Waals surface area contributed by atoms with Crippen molar-refractivity contribution >= 4 is 11.4 Å². The Morgan fingerprint density at radius 1 is 0.905 bits per heavy atom. The van der Waals surface area contributed by atoms with Crippen molar-refractivity contribution in [3.05, 3.63) is 54.6 Å². The van der Waals surface area contributed by atoms with Crippen LogP contribution in [0.25, 0.3) is 0 Å². The largest absolute Gasteiger partial charge is 0.484 e. The van der Waals surface area contributed by atoms with Crippen LogP contribution in [-0.2, 0) is 4.84 Å². The summed E-state index contributed by atoms with van der Waals surface area (Å²) in [6.45, 7) is -1.31. The number of halogens is 3. The van der Waals surface area contributed by atoms with Gasteiger partial charge in [-0.3, -0.25) is 4.84 Å². The van der Waals surface area contributed by atoms with E-state index < -0.39 is 12.8 Å². The Labute approximate surface area is 120 Å². The van der Waals surface area contributed by atoms with Crippen molar-refractivity contribution in [2.24, 2.45) is 0 Å². The molecule has 0 saturated carbocycles. The molecule has 3 nitrogen and oxygen atoms in total. The van der Waals surface area contributed by atoms with Crippen LogP contribution in [0.3, 0.4) is 0 Å². The highest BCUT2D eigenvalue weighted by atomic mass is 19.4. The average Bonchev–Trinajstić information content (AvgIpc) is 2.47. The zero-order valence-electron chi connectivity index (χ0n) is 11.3. The second kappa shape index (κ2) is 6.49. The van der Waals surface area contributed by atoms with Crippen molar-refractivity contribution < 1.29 is 22.7 Å². The molecule has 0 atom stereocenters. The quantitative estimate of drug-likeness (QED) is 0.767. The van der Waals surface area contributed by atoms with Crippen LogP contribution in [-0.4, -0.2) is 19.9 Å². The number of benzene rings is 2. The summed E-state index contributed by atoms with van der Waals surface area (Å²) in [6.07, 6.45) is -4.35. The molecule has 0 fully saturated rings. The second-order valence-electron chi connectivity index (χ2n) is 4.21. The van der Waals surface area contributed by atoms with Crippen molar-refractivity contribution in [2.75, 3.05) is 18.8 Å². The molecule has 0 saturated heterocycles. The standard InChI is InChI=1S/C15H14F3NO2/c1-20-19(12-5-3-2-4-6-12)13-7-9-14(10-8-13)21-11-15(16,17)18/h2-10H,11H2,1H3. The van der Waals surface area contributed by atoms with E-state index in [1.54, 1.807) is 17.2 Å². The summed E-state index contributed by atoms with van der Waals surface area (Å²) in [4.78, 5) is 5.29. The highest BCUT2D eigenvalue weighted by molar-refractivity contribution is 5.60. The molecule has 0 aliphatic carbocycles. The summed E-state index contributed by atoms with van der Waals surface area (Å²) < 4.78 is 40.9. The maximum absolute atomic E-state index is 12.1. The average molecular weight is 297 g/mol. The molecule has 2 aromatic carbocycles. The molecule has 0 bridgehead atoms. The Morgan fingerprint density at radius 3 is 2.00 bits per heavy atom. The molecule has 0 heterocycles. The third kappa shape index (κ3) is 4.39. The van der Waals surface area contributed by atoms with Gasteiger partial charge in [0, 0.05) is 0 Å². The van der Waals surface area contributed by atoms with Crippen LogP contribution in [0.15, 0.2) is 54.6 Å². The molecule has 2 aromatic rings. The first kappa shape index (κ1) is 15.2. The maximum Gasteiger partial charge on any atom is 0.422 e. The van der Waals surface area contributed by atoms with Crippen molar-refractivity contribution in [1.82, 2.24) is 0 Å². The maximum atomic E-state index is 12.1. The highest BCUT2D eigenvalue weighted by Crippen LogP contribution is 2.27. The third-order valence-electron chi connectivity index (χ3n) is 2.65. The van der Waals surface area contributed by atoms with Crippen LogP contribution in [0.2, 0.25) is 0 Å². The molecular formula is C15H14F3NO2. The number of alkyl halides is 3. The van der Waals surface area contributed by atoms with Crippen LogP contribution in [0.4, 0.5) is 24.5 Å². The minimum absolute atomic E-state index is 0.153. The fourth-order valence-corrected chi connectivity index (χ4v) is 1.77. The molecule has 0 aliphatic rings. The van der Waals surface area contributed by atoms with E-state index in [2.05, 4.69) is 4.74 Å². The van der Waals surface area contributed by atoms with Gasteiger partial charge in [0.2, 0.25) is 0 Å². The monoisotopic (exact) mass is 297 g/mol. The summed E-state index contributed by atoms with van der Waals surface area (Å²) in [5.41, 5.74) is 1.49. The van der Waals surface area contributed by atoms with Crippen molar-refractivity contribution in [2.45, 2.75) is 6.18 Å². The fourth-order valence-electron chi connectivity index (χ4n) is 1.77. The molecule has 112 valence electrons. The minimum Gasteiger partial charge on any atom is -0.484 e.